The number of H-pyrrole nitrogens is 1. The van der Waals surface area contributed by atoms with E-state index in [0.717, 1.165) is 27.8 Å². The Hall–Kier alpha value is -2.79. The molecule has 5 nitrogen and oxygen atoms in total. The molecule has 2 N–H and O–H groups in total. The first-order valence-electron chi connectivity index (χ1n) is 8.75. The van der Waals surface area contributed by atoms with E-state index in [4.69, 9.17) is 4.74 Å². The second-order valence-corrected chi connectivity index (χ2v) is 6.29. The minimum absolute atomic E-state index is 0.0430. The topological polar surface area (TPSA) is 65.6 Å². The summed E-state index contributed by atoms with van der Waals surface area (Å²) in [5.74, 6) is 0.681. The number of ether oxygens (including phenoxy) is 1. The number of nitrogens with zero attached hydrogens (tertiary/aromatic N) is 1. The highest BCUT2D eigenvalue weighted by Gasteiger charge is 2.21. The van der Waals surface area contributed by atoms with Crippen molar-refractivity contribution in [2.24, 2.45) is 0 Å². The van der Waals surface area contributed by atoms with Crippen LogP contribution in [0.5, 0.6) is 5.75 Å². The van der Waals surface area contributed by atoms with E-state index < -0.39 is 0 Å². The van der Waals surface area contributed by atoms with E-state index in [1.807, 2.05) is 55.5 Å². The summed E-state index contributed by atoms with van der Waals surface area (Å²) < 4.78 is 5.41. The zero-order chi connectivity index (χ0) is 18.5. The second kappa shape index (κ2) is 8.06. The molecule has 0 saturated heterocycles. The number of nitrogens with one attached hydrogen (secondary N) is 1. The Bertz CT molecular complexity index is 901. The molecule has 26 heavy (non-hydrogen) atoms. The third-order valence-electron chi connectivity index (χ3n) is 4.61. The number of fused-ring (bicyclic) bond motifs is 1. The van der Waals surface area contributed by atoms with Gasteiger partial charge in [0.25, 0.3) is 5.91 Å². The van der Waals surface area contributed by atoms with E-state index in [9.17, 15) is 9.90 Å². The van der Waals surface area contributed by atoms with Gasteiger partial charge in [-0.25, -0.2) is 0 Å². The van der Waals surface area contributed by atoms with Crippen molar-refractivity contribution in [3.05, 3.63) is 65.4 Å². The fourth-order valence-corrected chi connectivity index (χ4v) is 3.21. The van der Waals surface area contributed by atoms with Crippen molar-refractivity contribution in [1.29, 1.82) is 0 Å². The number of aliphatic hydroxyl groups is 1. The molecule has 3 rings (SSSR count). The van der Waals surface area contributed by atoms with Gasteiger partial charge in [-0.15, -0.1) is 0 Å². The summed E-state index contributed by atoms with van der Waals surface area (Å²) in [5, 5.41) is 10.3. The Morgan fingerprint density at radius 2 is 1.88 bits per heavy atom. The average molecular weight is 352 g/mol. The van der Waals surface area contributed by atoms with E-state index >= 15 is 0 Å². The van der Waals surface area contributed by atoms with Crippen LogP contribution in [-0.2, 0) is 6.54 Å². The fourth-order valence-electron chi connectivity index (χ4n) is 3.21. The molecule has 0 spiro atoms. The van der Waals surface area contributed by atoms with E-state index in [1.165, 1.54) is 0 Å². The SMILES string of the molecule is COc1ccccc1CN(CCCO)C(=O)c1[nH]c2ccccc2c1C. The van der Waals surface area contributed by atoms with Crippen molar-refractivity contribution < 1.29 is 14.6 Å². The largest absolute Gasteiger partial charge is 0.496 e. The van der Waals surface area contributed by atoms with E-state index in [0.29, 0.717) is 25.2 Å². The normalized spacial score (nSPS) is 10.9. The predicted octanol–water partition coefficient (Wildman–Crippen LogP) is 3.51. The van der Waals surface area contributed by atoms with Crippen LogP contribution in [0.1, 0.15) is 28.0 Å². The molecule has 1 aromatic heterocycles. The van der Waals surface area contributed by atoms with Crippen molar-refractivity contribution in [2.45, 2.75) is 19.9 Å². The molecule has 5 heteroatoms. The number of aromatic amines is 1. The smallest absolute Gasteiger partial charge is 0.270 e. The molecule has 1 heterocycles. The maximum atomic E-state index is 13.2. The van der Waals surface area contributed by atoms with E-state index in [1.54, 1.807) is 12.0 Å². The van der Waals surface area contributed by atoms with Gasteiger partial charge in [0.2, 0.25) is 0 Å². The lowest BCUT2D eigenvalue weighted by molar-refractivity contribution is 0.0725. The highest BCUT2D eigenvalue weighted by Crippen LogP contribution is 2.25. The van der Waals surface area contributed by atoms with Crippen LogP contribution >= 0.6 is 0 Å². The molecule has 0 unspecified atom stereocenters. The molecule has 0 saturated carbocycles. The number of rotatable bonds is 7. The Balaban J connectivity index is 1.93. The molecule has 2 aromatic carbocycles. The summed E-state index contributed by atoms with van der Waals surface area (Å²) in [6.07, 6.45) is 0.528. The zero-order valence-electron chi connectivity index (χ0n) is 15.2. The summed E-state index contributed by atoms with van der Waals surface area (Å²) in [6.45, 7) is 2.90. The monoisotopic (exact) mass is 352 g/mol. The molecule has 0 aliphatic heterocycles. The number of carbonyl (C=O) groups is 1. The maximum Gasteiger partial charge on any atom is 0.270 e. The van der Waals surface area contributed by atoms with Crippen molar-refractivity contribution in [3.63, 3.8) is 0 Å². The molecule has 0 aliphatic carbocycles. The van der Waals surface area contributed by atoms with Gasteiger partial charge in [-0.1, -0.05) is 36.4 Å². The summed E-state index contributed by atoms with van der Waals surface area (Å²) in [5.41, 5.74) is 3.43. The highest BCUT2D eigenvalue weighted by molar-refractivity contribution is 6.00. The number of para-hydroxylation sites is 2. The van der Waals surface area contributed by atoms with Gasteiger partial charge < -0.3 is 19.7 Å². The van der Waals surface area contributed by atoms with Crippen molar-refractivity contribution in [2.75, 3.05) is 20.3 Å². The number of aliphatic hydroxyl groups excluding tert-OH is 1. The van der Waals surface area contributed by atoms with Crippen LogP contribution in [0.15, 0.2) is 48.5 Å². The first-order chi connectivity index (χ1) is 12.7. The molecular weight excluding hydrogens is 328 g/mol. The number of carbonyl (C=O) groups excluding carboxylic acids is 1. The number of aryl methyl sites for hydroxylation is 1. The van der Waals surface area contributed by atoms with Gasteiger partial charge in [0.05, 0.1) is 7.11 Å². The molecule has 136 valence electrons. The fraction of sp³-hybridized carbons (Fsp3) is 0.286. The lowest BCUT2D eigenvalue weighted by Gasteiger charge is -2.23. The van der Waals surface area contributed by atoms with Crippen LogP contribution in [0, 0.1) is 6.92 Å². The van der Waals surface area contributed by atoms with Crippen molar-refractivity contribution >= 4 is 16.8 Å². The Morgan fingerprint density at radius 1 is 1.15 bits per heavy atom. The van der Waals surface area contributed by atoms with Crippen molar-refractivity contribution in [3.8, 4) is 5.75 Å². The zero-order valence-corrected chi connectivity index (χ0v) is 15.2. The lowest BCUT2D eigenvalue weighted by Crippen LogP contribution is -2.32. The molecule has 0 radical (unpaired) electrons. The first-order valence-corrected chi connectivity index (χ1v) is 8.75. The number of aromatic nitrogens is 1. The van der Waals surface area contributed by atoms with Crippen LogP contribution in [0.25, 0.3) is 10.9 Å². The first kappa shape index (κ1) is 18.0. The van der Waals surface area contributed by atoms with Crippen LogP contribution in [0.2, 0.25) is 0 Å². The number of methoxy groups -OCH3 is 1. The summed E-state index contributed by atoms with van der Waals surface area (Å²) in [7, 11) is 1.63. The van der Waals surface area contributed by atoms with E-state index in [-0.39, 0.29) is 12.5 Å². The van der Waals surface area contributed by atoms with Gasteiger partial charge in [-0.05, 0) is 31.0 Å². The van der Waals surface area contributed by atoms with E-state index in [2.05, 4.69) is 4.98 Å². The number of hydrogen-bond donors (Lipinski definition) is 2. The van der Waals surface area contributed by atoms with Crippen LogP contribution < -0.4 is 4.74 Å². The maximum absolute atomic E-state index is 13.2. The Morgan fingerprint density at radius 3 is 2.62 bits per heavy atom. The molecular formula is C21H24N2O3. The summed E-state index contributed by atoms with van der Waals surface area (Å²) >= 11 is 0. The minimum Gasteiger partial charge on any atom is -0.496 e. The van der Waals surface area contributed by atoms with Gasteiger partial charge in [-0.3, -0.25) is 4.79 Å². The Labute approximate surface area is 153 Å². The number of amides is 1. The van der Waals surface area contributed by atoms with Crippen LogP contribution in [-0.4, -0.2) is 41.2 Å². The minimum atomic E-state index is -0.0712. The second-order valence-electron chi connectivity index (χ2n) is 6.29. The predicted molar refractivity (Wildman–Crippen MR) is 102 cm³/mol. The van der Waals surface area contributed by atoms with Gasteiger partial charge in [0.1, 0.15) is 11.4 Å². The quantitative estimate of drug-likeness (QED) is 0.684. The third kappa shape index (κ3) is 3.58. The summed E-state index contributed by atoms with van der Waals surface area (Å²) in [4.78, 5) is 18.2. The van der Waals surface area contributed by atoms with Gasteiger partial charge in [0, 0.05) is 36.2 Å². The average Bonchev–Trinajstić information content (AvgIpc) is 3.02. The third-order valence-corrected chi connectivity index (χ3v) is 4.61. The highest BCUT2D eigenvalue weighted by atomic mass is 16.5. The Kier molecular flexibility index (Phi) is 5.58. The number of hydrogen-bond acceptors (Lipinski definition) is 3. The number of benzene rings is 2. The summed E-state index contributed by atoms with van der Waals surface area (Å²) in [6, 6.07) is 15.6. The molecule has 0 fully saturated rings. The van der Waals surface area contributed by atoms with Gasteiger partial charge in [0.15, 0.2) is 0 Å². The molecule has 3 aromatic rings. The van der Waals surface area contributed by atoms with Gasteiger partial charge in [-0.2, -0.15) is 0 Å². The molecule has 1 amide bonds. The van der Waals surface area contributed by atoms with Gasteiger partial charge >= 0.3 is 0 Å². The molecule has 0 bridgehead atoms. The lowest BCUT2D eigenvalue weighted by atomic mass is 10.1. The van der Waals surface area contributed by atoms with Crippen LogP contribution in [0.3, 0.4) is 0 Å². The molecule has 0 aliphatic rings. The van der Waals surface area contributed by atoms with Crippen LogP contribution in [0.4, 0.5) is 0 Å². The molecule has 0 atom stereocenters. The van der Waals surface area contributed by atoms with Crippen molar-refractivity contribution in [1.82, 2.24) is 9.88 Å². The standard InChI is InChI=1S/C21H24N2O3/c1-15-17-9-4-5-10-18(17)22-20(15)21(25)23(12-7-13-24)14-16-8-3-6-11-19(16)26-2/h3-6,8-11,22,24H,7,12-14H2,1-2H3.